The number of guanidine groups is 1. The van der Waals surface area contributed by atoms with Crippen molar-refractivity contribution in [3.05, 3.63) is 30.1 Å². The zero-order chi connectivity index (χ0) is 14.4. The quantitative estimate of drug-likeness (QED) is 0.445. The molecule has 0 aliphatic carbocycles. The SMILES string of the molecule is I.NC(=NCC(=O)Nc1ccc(F)cc1)N1CCOCC1. The number of anilines is 1. The summed E-state index contributed by atoms with van der Waals surface area (Å²) in [5, 5.41) is 2.62. The van der Waals surface area contributed by atoms with Gasteiger partial charge < -0.3 is 20.7 Å². The number of benzene rings is 1. The lowest BCUT2D eigenvalue weighted by Crippen LogP contribution is -2.45. The first-order valence-corrected chi connectivity index (χ1v) is 6.33. The fourth-order valence-electron chi connectivity index (χ4n) is 1.78. The Morgan fingerprint density at radius 2 is 1.95 bits per heavy atom. The van der Waals surface area contributed by atoms with E-state index >= 15 is 0 Å². The Bertz CT molecular complexity index is 489. The van der Waals surface area contributed by atoms with Crippen molar-refractivity contribution >= 4 is 41.5 Å². The molecule has 21 heavy (non-hydrogen) atoms. The molecule has 0 atom stereocenters. The molecular weight excluding hydrogens is 390 g/mol. The number of carbonyl (C=O) groups excluding carboxylic acids is 1. The van der Waals surface area contributed by atoms with E-state index in [4.69, 9.17) is 10.5 Å². The number of amides is 1. The first-order valence-electron chi connectivity index (χ1n) is 6.33. The molecule has 0 radical (unpaired) electrons. The van der Waals surface area contributed by atoms with Crippen LogP contribution in [0, 0.1) is 5.82 Å². The summed E-state index contributed by atoms with van der Waals surface area (Å²) in [5.41, 5.74) is 6.33. The number of nitrogens with zero attached hydrogens (tertiary/aromatic N) is 2. The van der Waals surface area contributed by atoms with Gasteiger partial charge in [-0.2, -0.15) is 0 Å². The second-order valence-electron chi connectivity index (χ2n) is 4.33. The van der Waals surface area contributed by atoms with Gasteiger partial charge >= 0.3 is 0 Å². The molecule has 6 nitrogen and oxygen atoms in total. The van der Waals surface area contributed by atoms with Crippen LogP contribution >= 0.6 is 24.0 Å². The molecule has 1 amide bonds. The standard InChI is InChI=1S/C13H17FN4O2.HI/c14-10-1-3-11(4-2-10)17-12(19)9-16-13(15)18-5-7-20-8-6-18;/h1-4H,5-9H2,(H2,15,16)(H,17,19);1H. The highest BCUT2D eigenvalue weighted by Crippen LogP contribution is 2.07. The molecule has 3 N–H and O–H groups in total. The van der Waals surface area contributed by atoms with Gasteiger partial charge in [0.2, 0.25) is 5.91 Å². The van der Waals surface area contributed by atoms with Gasteiger partial charge in [0.15, 0.2) is 5.96 Å². The molecule has 116 valence electrons. The van der Waals surface area contributed by atoms with Gasteiger partial charge in [0.1, 0.15) is 12.4 Å². The molecule has 2 rings (SSSR count). The maximum Gasteiger partial charge on any atom is 0.246 e. The molecule has 1 aromatic rings. The first kappa shape index (κ1) is 17.6. The normalized spacial score (nSPS) is 15.3. The van der Waals surface area contributed by atoms with E-state index in [2.05, 4.69) is 10.3 Å². The van der Waals surface area contributed by atoms with Crippen molar-refractivity contribution in [2.24, 2.45) is 10.7 Å². The van der Waals surface area contributed by atoms with Gasteiger partial charge in [-0.15, -0.1) is 24.0 Å². The molecule has 1 heterocycles. The molecule has 0 aromatic heterocycles. The Morgan fingerprint density at radius 1 is 1.33 bits per heavy atom. The first-order chi connectivity index (χ1) is 9.65. The molecule has 0 spiro atoms. The second-order valence-corrected chi connectivity index (χ2v) is 4.33. The minimum atomic E-state index is -0.349. The van der Waals surface area contributed by atoms with Crippen LogP contribution in [0.25, 0.3) is 0 Å². The molecule has 1 saturated heterocycles. The number of ether oxygens (including phenoxy) is 1. The third-order valence-electron chi connectivity index (χ3n) is 2.85. The molecule has 1 aromatic carbocycles. The van der Waals surface area contributed by atoms with Crippen LogP contribution in [0.2, 0.25) is 0 Å². The lowest BCUT2D eigenvalue weighted by Gasteiger charge is -2.27. The van der Waals surface area contributed by atoms with E-state index < -0.39 is 0 Å². The van der Waals surface area contributed by atoms with Crippen molar-refractivity contribution in [1.29, 1.82) is 0 Å². The van der Waals surface area contributed by atoms with E-state index in [0.717, 1.165) is 0 Å². The van der Waals surface area contributed by atoms with Crippen molar-refractivity contribution in [3.8, 4) is 0 Å². The molecule has 1 aliphatic rings. The lowest BCUT2D eigenvalue weighted by atomic mass is 10.3. The molecule has 0 bridgehead atoms. The number of nitrogens with two attached hydrogens (primary N) is 1. The molecule has 0 unspecified atom stereocenters. The van der Waals surface area contributed by atoms with Crippen molar-refractivity contribution in [2.45, 2.75) is 0 Å². The predicted octanol–water partition coefficient (Wildman–Crippen LogP) is 1.03. The number of rotatable bonds is 3. The molecule has 1 fully saturated rings. The number of carbonyl (C=O) groups is 1. The number of hydrogen-bond donors (Lipinski definition) is 2. The van der Waals surface area contributed by atoms with E-state index in [1.165, 1.54) is 24.3 Å². The van der Waals surface area contributed by atoms with Gasteiger partial charge in [0.25, 0.3) is 0 Å². The van der Waals surface area contributed by atoms with Gasteiger partial charge in [0.05, 0.1) is 13.2 Å². The maximum absolute atomic E-state index is 12.7. The Balaban J connectivity index is 0.00000220. The summed E-state index contributed by atoms with van der Waals surface area (Å²) in [5.74, 6) is -0.312. The minimum absolute atomic E-state index is 0. The third kappa shape index (κ3) is 5.84. The Kier molecular flexibility index (Phi) is 7.37. The predicted molar refractivity (Wildman–Crippen MR) is 89.3 cm³/mol. The van der Waals surface area contributed by atoms with Crippen LogP contribution in [0.1, 0.15) is 0 Å². The smallest absolute Gasteiger partial charge is 0.246 e. The van der Waals surface area contributed by atoms with E-state index in [9.17, 15) is 9.18 Å². The second kappa shape index (κ2) is 8.78. The Morgan fingerprint density at radius 3 is 2.57 bits per heavy atom. The number of aliphatic imine (C=N–C) groups is 1. The summed E-state index contributed by atoms with van der Waals surface area (Å²) < 4.78 is 17.9. The average molecular weight is 408 g/mol. The number of hydrogen-bond acceptors (Lipinski definition) is 3. The fourth-order valence-corrected chi connectivity index (χ4v) is 1.78. The van der Waals surface area contributed by atoms with Crippen molar-refractivity contribution in [2.75, 3.05) is 38.2 Å². The van der Waals surface area contributed by atoms with Crippen molar-refractivity contribution in [1.82, 2.24) is 4.90 Å². The summed E-state index contributed by atoms with van der Waals surface area (Å²) in [6, 6.07) is 5.53. The van der Waals surface area contributed by atoms with Crippen LogP contribution in [0.5, 0.6) is 0 Å². The van der Waals surface area contributed by atoms with Crippen molar-refractivity contribution < 1.29 is 13.9 Å². The van der Waals surface area contributed by atoms with E-state index in [1.54, 1.807) is 0 Å². The van der Waals surface area contributed by atoms with Crippen LogP contribution in [-0.2, 0) is 9.53 Å². The van der Waals surface area contributed by atoms with Gasteiger partial charge in [0, 0.05) is 18.8 Å². The number of morpholine rings is 1. The highest BCUT2D eigenvalue weighted by Gasteiger charge is 2.12. The zero-order valence-corrected chi connectivity index (χ0v) is 13.7. The highest BCUT2D eigenvalue weighted by molar-refractivity contribution is 14.0. The summed E-state index contributed by atoms with van der Waals surface area (Å²) in [6.45, 7) is 2.50. The van der Waals surface area contributed by atoms with E-state index in [-0.39, 0.29) is 42.2 Å². The molecule has 0 saturated carbocycles. The zero-order valence-electron chi connectivity index (χ0n) is 11.4. The topological polar surface area (TPSA) is 79.9 Å². The van der Waals surface area contributed by atoms with Crippen LogP contribution < -0.4 is 11.1 Å². The van der Waals surface area contributed by atoms with Gasteiger partial charge in [-0.05, 0) is 24.3 Å². The van der Waals surface area contributed by atoms with Crippen molar-refractivity contribution in [3.63, 3.8) is 0 Å². The molecular formula is C13H18FIN4O2. The lowest BCUT2D eigenvalue weighted by molar-refractivity contribution is -0.114. The minimum Gasteiger partial charge on any atom is -0.378 e. The fraction of sp³-hybridized carbons (Fsp3) is 0.385. The Hall–Kier alpha value is -1.42. The molecule has 8 heteroatoms. The van der Waals surface area contributed by atoms with Crippen LogP contribution in [0.3, 0.4) is 0 Å². The third-order valence-corrected chi connectivity index (χ3v) is 2.85. The summed E-state index contributed by atoms with van der Waals surface area (Å²) in [4.78, 5) is 17.6. The molecule has 1 aliphatic heterocycles. The van der Waals surface area contributed by atoms with Gasteiger partial charge in [-0.3, -0.25) is 4.79 Å². The van der Waals surface area contributed by atoms with Crippen LogP contribution in [0.15, 0.2) is 29.3 Å². The average Bonchev–Trinajstić information content (AvgIpc) is 2.48. The summed E-state index contributed by atoms with van der Waals surface area (Å²) >= 11 is 0. The Labute approximate surface area is 139 Å². The summed E-state index contributed by atoms with van der Waals surface area (Å²) in [6.07, 6.45) is 0. The largest absolute Gasteiger partial charge is 0.378 e. The number of halogens is 2. The number of nitrogens with one attached hydrogen (secondary N) is 1. The monoisotopic (exact) mass is 408 g/mol. The van der Waals surface area contributed by atoms with Crippen LogP contribution in [0.4, 0.5) is 10.1 Å². The maximum atomic E-state index is 12.7. The highest BCUT2D eigenvalue weighted by atomic mass is 127. The van der Waals surface area contributed by atoms with Gasteiger partial charge in [-0.25, -0.2) is 9.38 Å². The van der Waals surface area contributed by atoms with Crippen LogP contribution in [-0.4, -0.2) is 49.6 Å². The summed E-state index contributed by atoms with van der Waals surface area (Å²) in [7, 11) is 0. The van der Waals surface area contributed by atoms with E-state index in [0.29, 0.717) is 38.0 Å². The van der Waals surface area contributed by atoms with E-state index in [1.807, 2.05) is 4.90 Å². The van der Waals surface area contributed by atoms with Gasteiger partial charge in [-0.1, -0.05) is 0 Å².